The Morgan fingerprint density at radius 2 is 1.94 bits per heavy atom. The second-order valence-corrected chi connectivity index (χ2v) is 4.55. The van der Waals surface area contributed by atoms with Crippen molar-refractivity contribution in [3.05, 3.63) is 29.3 Å². The highest BCUT2D eigenvalue weighted by Crippen LogP contribution is 2.18. The molecular formula is C11H19Cl2N3S. The second kappa shape index (κ2) is 9.59. The highest BCUT2D eigenvalue weighted by molar-refractivity contribution is 8.13. The zero-order valence-electron chi connectivity index (χ0n) is 9.97. The monoisotopic (exact) mass is 295 g/mol. The average molecular weight is 296 g/mol. The van der Waals surface area contributed by atoms with E-state index in [1.165, 1.54) is 0 Å². The molecule has 0 saturated heterocycles. The molecule has 1 aromatic carbocycles. The number of thioether (sulfide) groups is 1. The first-order valence-electron chi connectivity index (χ1n) is 4.93. The summed E-state index contributed by atoms with van der Waals surface area (Å²) in [6, 6.07) is 6.03. The van der Waals surface area contributed by atoms with Crippen molar-refractivity contribution in [2.45, 2.75) is 20.4 Å². The lowest BCUT2D eigenvalue weighted by Gasteiger charge is -2.03. The minimum atomic E-state index is 0. The summed E-state index contributed by atoms with van der Waals surface area (Å²) >= 11 is 1.54. The van der Waals surface area contributed by atoms with Crippen molar-refractivity contribution in [3.8, 4) is 0 Å². The highest BCUT2D eigenvalue weighted by Gasteiger charge is 1.97. The molecule has 0 unspecified atom stereocenters. The minimum absolute atomic E-state index is 0. The van der Waals surface area contributed by atoms with E-state index in [-0.39, 0.29) is 24.8 Å². The fraction of sp³-hybridized carbons (Fsp3) is 0.364. The first kappa shape index (κ1) is 18.9. The van der Waals surface area contributed by atoms with Gasteiger partial charge in [-0.1, -0.05) is 24.8 Å². The first-order chi connectivity index (χ1) is 7.15. The van der Waals surface area contributed by atoms with Crippen LogP contribution in [-0.2, 0) is 6.54 Å². The normalized spacial score (nSPS) is 10.4. The summed E-state index contributed by atoms with van der Waals surface area (Å²) in [6.07, 6.45) is 0. The van der Waals surface area contributed by atoms with Crippen LogP contribution in [0, 0.1) is 6.92 Å². The maximum atomic E-state index is 5.74. The maximum Gasteiger partial charge on any atom is 0.159 e. The van der Waals surface area contributed by atoms with E-state index in [0.29, 0.717) is 11.7 Å². The van der Waals surface area contributed by atoms with E-state index >= 15 is 0 Å². The van der Waals surface area contributed by atoms with Gasteiger partial charge in [0.05, 0.1) is 5.69 Å². The van der Waals surface area contributed by atoms with Crippen LogP contribution in [0.1, 0.15) is 18.1 Å². The molecule has 98 valence electrons. The van der Waals surface area contributed by atoms with Gasteiger partial charge in [-0.2, -0.15) is 0 Å². The molecule has 3 nitrogen and oxygen atoms in total. The van der Waals surface area contributed by atoms with E-state index < -0.39 is 0 Å². The Morgan fingerprint density at radius 3 is 2.47 bits per heavy atom. The fourth-order valence-electron chi connectivity index (χ4n) is 1.33. The molecule has 0 bridgehead atoms. The van der Waals surface area contributed by atoms with Crippen molar-refractivity contribution in [2.75, 3.05) is 5.75 Å². The third kappa shape index (κ3) is 6.78. The largest absolute Gasteiger partial charge is 0.378 e. The number of amidine groups is 1. The van der Waals surface area contributed by atoms with Crippen molar-refractivity contribution in [1.29, 1.82) is 0 Å². The number of halogens is 2. The molecule has 0 aliphatic rings. The Kier molecular flexibility index (Phi) is 10.7. The van der Waals surface area contributed by atoms with Gasteiger partial charge in [-0.05, 0) is 35.9 Å². The zero-order valence-corrected chi connectivity index (χ0v) is 12.4. The Morgan fingerprint density at radius 1 is 1.29 bits per heavy atom. The topological polar surface area (TPSA) is 64.4 Å². The van der Waals surface area contributed by atoms with Gasteiger partial charge in [0.2, 0.25) is 0 Å². The van der Waals surface area contributed by atoms with Crippen molar-refractivity contribution in [2.24, 2.45) is 16.5 Å². The summed E-state index contributed by atoms with van der Waals surface area (Å²) in [6.45, 7) is 4.61. The predicted octanol–water partition coefficient (Wildman–Crippen LogP) is 3.00. The predicted molar refractivity (Wildman–Crippen MR) is 83.0 cm³/mol. The molecular weight excluding hydrogens is 277 g/mol. The fourth-order valence-corrected chi connectivity index (χ4v) is 1.80. The third-order valence-corrected chi connectivity index (χ3v) is 2.56. The van der Waals surface area contributed by atoms with E-state index in [4.69, 9.17) is 11.5 Å². The molecule has 0 aliphatic heterocycles. The van der Waals surface area contributed by atoms with Gasteiger partial charge in [0, 0.05) is 6.54 Å². The zero-order chi connectivity index (χ0) is 11.3. The molecule has 1 rings (SSSR count). The molecule has 0 atom stereocenters. The van der Waals surface area contributed by atoms with E-state index in [9.17, 15) is 0 Å². The smallest absolute Gasteiger partial charge is 0.159 e. The van der Waals surface area contributed by atoms with Gasteiger partial charge in [0.1, 0.15) is 0 Å². The summed E-state index contributed by atoms with van der Waals surface area (Å²) in [5, 5.41) is 0.603. The molecule has 0 aliphatic carbocycles. The summed E-state index contributed by atoms with van der Waals surface area (Å²) in [5.41, 5.74) is 14.5. The molecule has 0 spiro atoms. The van der Waals surface area contributed by atoms with Crippen LogP contribution in [0.2, 0.25) is 0 Å². The van der Waals surface area contributed by atoms with Gasteiger partial charge in [-0.3, -0.25) is 0 Å². The molecule has 17 heavy (non-hydrogen) atoms. The van der Waals surface area contributed by atoms with E-state index in [2.05, 4.69) is 18.0 Å². The van der Waals surface area contributed by atoms with Crippen LogP contribution in [0.3, 0.4) is 0 Å². The molecule has 0 fully saturated rings. The molecule has 1 aromatic rings. The SMILES string of the molecule is CCSC(N)=Nc1cc(C)cc(CN)c1.Cl.Cl. The van der Waals surface area contributed by atoms with Gasteiger partial charge in [-0.25, -0.2) is 4.99 Å². The number of aliphatic imine (C=N–C) groups is 1. The Hall–Kier alpha value is -0.420. The van der Waals surface area contributed by atoms with Crippen LogP contribution in [0.25, 0.3) is 0 Å². The maximum absolute atomic E-state index is 5.74. The molecule has 0 saturated carbocycles. The van der Waals surface area contributed by atoms with Gasteiger partial charge in [-0.15, -0.1) is 24.8 Å². The average Bonchev–Trinajstić information content (AvgIpc) is 2.17. The summed E-state index contributed by atoms with van der Waals surface area (Å²) in [7, 11) is 0. The number of aryl methyl sites for hydroxylation is 1. The van der Waals surface area contributed by atoms with Crippen LogP contribution >= 0.6 is 36.6 Å². The number of hydrogen-bond acceptors (Lipinski definition) is 3. The molecule has 0 radical (unpaired) electrons. The molecule has 0 heterocycles. The number of rotatable bonds is 3. The lowest BCUT2D eigenvalue weighted by molar-refractivity contribution is 1.06. The van der Waals surface area contributed by atoms with Gasteiger partial charge in [0.25, 0.3) is 0 Å². The van der Waals surface area contributed by atoms with E-state index in [1.807, 2.05) is 19.1 Å². The Bertz CT molecular complexity index is 370. The minimum Gasteiger partial charge on any atom is -0.378 e. The summed E-state index contributed by atoms with van der Waals surface area (Å²) in [5.74, 6) is 0.935. The lowest BCUT2D eigenvalue weighted by Crippen LogP contribution is -2.06. The third-order valence-electron chi connectivity index (χ3n) is 1.89. The Labute approximate surface area is 119 Å². The lowest BCUT2D eigenvalue weighted by atomic mass is 10.1. The first-order valence-corrected chi connectivity index (χ1v) is 5.92. The van der Waals surface area contributed by atoms with Gasteiger partial charge < -0.3 is 11.5 Å². The number of hydrogen-bond donors (Lipinski definition) is 2. The van der Waals surface area contributed by atoms with Crippen molar-refractivity contribution < 1.29 is 0 Å². The standard InChI is InChI=1S/C11H17N3S.2ClH/c1-3-15-11(13)14-10-5-8(2)4-9(6-10)7-12;;/h4-6H,3,7,12H2,1-2H3,(H2,13,14);2*1H. The highest BCUT2D eigenvalue weighted by atomic mass is 35.5. The summed E-state index contributed by atoms with van der Waals surface area (Å²) < 4.78 is 0. The van der Waals surface area contributed by atoms with Crippen LogP contribution in [0.15, 0.2) is 23.2 Å². The van der Waals surface area contributed by atoms with Crippen LogP contribution < -0.4 is 11.5 Å². The molecule has 4 N–H and O–H groups in total. The van der Waals surface area contributed by atoms with E-state index in [1.54, 1.807) is 11.8 Å². The van der Waals surface area contributed by atoms with Crippen molar-refractivity contribution in [1.82, 2.24) is 0 Å². The Balaban J connectivity index is 0. The van der Waals surface area contributed by atoms with Crippen molar-refractivity contribution in [3.63, 3.8) is 0 Å². The number of nitrogens with zero attached hydrogens (tertiary/aromatic N) is 1. The van der Waals surface area contributed by atoms with Crippen LogP contribution in [-0.4, -0.2) is 10.9 Å². The second-order valence-electron chi connectivity index (χ2n) is 3.26. The number of nitrogens with two attached hydrogens (primary N) is 2. The molecule has 6 heteroatoms. The molecule has 0 amide bonds. The van der Waals surface area contributed by atoms with E-state index in [0.717, 1.165) is 22.6 Å². The molecule has 0 aromatic heterocycles. The van der Waals surface area contributed by atoms with Crippen LogP contribution in [0.5, 0.6) is 0 Å². The number of benzene rings is 1. The van der Waals surface area contributed by atoms with Gasteiger partial charge in [0.15, 0.2) is 5.17 Å². The quantitative estimate of drug-likeness (QED) is 0.665. The van der Waals surface area contributed by atoms with Gasteiger partial charge >= 0.3 is 0 Å². The summed E-state index contributed by atoms with van der Waals surface area (Å²) in [4.78, 5) is 4.32. The van der Waals surface area contributed by atoms with Crippen molar-refractivity contribution >= 4 is 47.4 Å². The van der Waals surface area contributed by atoms with Crippen LogP contribution in [0.4, 0.5) is 5.69 Å².